The number of allylic oxidation sites excluding steroid dienone is 4. The van der Waals surface area contributed by atoms with Gasteiger partial charge >= 0.3 is 0 Å². The van der Waals surface area contributed by atoms with E-state index in [0.717, 1.165) is 55.1 Å². The van der Waals surface area contributed by atoms with E-state index in [2.05, 4.69) is 29.2 Å². The first-order valence-electron chi connectivity index (χ1n) is 11.8. The highest BCUT2D eigenvalue weighted by Crippen LogP contribution is 2.62. The summed E-state index contributed by atoms with van der Waals surface area (Å²) >= 11 is 0. The summed E-state index contributed by atoms with van der Waals surface area (Å²) in [5, 5.41) is 22.3. The summed E-state index contributed by atoms with van der Waals surface area (Å²) in [5.41, 5.74) is 1.93. The van der Waals surface area contributed by atoms with Crippen LogP contribution in [0.15, 0.2) is 48.6 Å². The smallest absolute Gasteiger partial charge is 0.198 e. The molecule has 0 saturated carbocycles. The van der Waals surface area contributed by atoms with E-state index in [4.69, 9.17) is 9.47 Å². The summed E-state index contributed by atoms with van der Waals surface area (Å²) in [7, 11) is 0. The van der Waals surface area contributed by atoms with E-state index in [0.29, 0.717) is 18.4 Å². The summed E-state index contributed by atoms with van der Waals surface area (Å²) in [6.45, 7) is 3.21. The molecule has 0 amide bonds. The van der Waals surface area contributed by atoms with E-state index < -0.39 is 0 Å². The lowest BCUT2D eigenvalue weighted by Gasteiger charge is -2.47. The van der Waals surface area contributed by atoms with Crippen molar-refractivity contribution in [3.63, 3.8) is 0 Å². The predicted molar refractivity (Wildman–Crippen MR) is 120 cm³/mol. The fraction of sp³-hybridized carbons (Fsp3) is 0.462. The number of likely N-dealkylation sites (tertiary alicyclic amines) is 1. The molecule has 6 aliphatic rings. The molecular weight excluding hydrogens is 404 g/mol. The van der Waals surface area contributed by atoms with Crippen molar-refractivity contribution in [2.45, 2.75) is 36.8 Å². The number of rotatable bonds is 3. The topological polar surface area (TPSA) is 67.1 Å². The van der Waals surface area contributed by atoms with Crippen molar-refractivity contribution in [2.75, 3.05) is 26.2 Å². The van der Waals surface area contributed by atoms with Crippen LogP contribution in [-0.2, 0) is 0 Å². The van der Waals surface area contributed by atoms with Gasteiger partial charge in [0.05, 0.1) is 0 Å². The molecule has 32 heavy (non-hydrogen) atoms. The van der Waals surface area contributed by atoms with E-state index in [1.54, 1.807) is 0 Å². The minimum absolute atomic E-state index is 0.0202. The number of aromatic nitrogens is 1. The largest absolute Gasteiger partial charge is 0.494 e. The van der Waals surface area contributed by atoms with Crippen molar-refractivity contribution in [3.05, 3.63) is 59.7 Å². The molecule has 2 aromatic rings. The second kappa shape index (κ2) is 6.82. The number of hydrogen-bond donors (Lipinski definition) is 2. The zero-order valence-electron chi connectivity index (χ0n) is 17.9. The molecule has 166 valence electrons. The Labute approximate surface area is 187 Å². The Kier molecular flexibility index (Phi) is 3.98. The van der Waals surface area contributed by atoms with Crippen molar-refractivity contribution in [3.8, 4) is 23.3 Å². The zero-order chi connectivity index (χ0) is 21.4. The quantitative estimate of drug-likeness (QED) is 0.720. The molecule has 3 heterocycles. The van der Waals surface area contributed by atoms with Crippen LogP contribution in [-0.4, -0.2) is 52.0 Å². The molecule has 5 unspecified atom stereocenters. The fourth-order valence-corrected chi connectivity index (χ4v) is 6.56. The summed E-state index contributed by atoms with van der Waals surface area (Å²) in [6, 6.07) is 7.94. The van der Waals surface area contributed by atoms with Crippen LogP contribution in [0.3, 0.4) is 0 Å². The van der Waals surface area contributed by atoms with Crippen LogP contribution >= 0.6 is 0 Å². The van der Waals surface area contributed by atoms with Gasteiger partial charge in [-0.05, 0) is 36.8 Å². The average Bonchev–Trinajstić information content (AvgIpc) is 3.06. The van der Waals surface area contributed by atoms with Crippen molar-refractivity contribution in [1.82, 2.24) is 9.47 Å². The standard InChI is InChI=1S/C26H28N2O4/c29-25-23-19-7-8-20(18-6-5-17(18)19)24(23)26(30)28(25)15-9-11-27(12-10-15)13-16-14-31-21-3-1-2-4-22(21)32-16/h1-8,15-20,29-30H,9-14H2. The van der Waals surface area contributed by atoms with Gasteiger partial charge in [-0.3, -0.25) is 9.47 Å². The van der Waals surface area contributed by atoms with Crippen LogP contribution < -0.4 is 9.47 Å². The number of benzene rings is 1. The number of fused-ring (bicyclic) bond motifs is 1. The second-order valence-electron chi connectivity index (χ2n) is 9.85. The summed E-state index contributed by atoms with van der Waals surface area (Å²) < 4.78 is 13.8. The minimum atomic E-state index is 0.0202. The second-order valence-corrected chi connectivity index (χ2v) is 9.85. The van der Waals surface area contributed by atoms with Crippen LogP contribution in [0.4, 0.5) is 0 Å². The van der Waals surface area contributed by atoms with Crippen LogP contribution in [0.1, 0.15) is 41.8 Å². The number of aromatic hydroxyl groups is 2. The first-order valence-corrected chi connectivity index (χ1v) is 11.8. The maximum atomic E-state index is 11.2. The highest BCUT2D eigenvalue weighted by Gasteiger charge is 2.50. The van der Waals surface area contributed by atoms with Crippen LogP contribution in [0.5, 0.6) is 23.3 Å². The Morgan fingerprint density at radius 2 is 1.47 bits per heavy atom. The van der Waals surface area contributed by atoms with Gasteiger partial charge in [-0.1, -0.05) is 36.4 Å². The van der Waals surface area contributed by atoms with Gasteiger partial charge in [0.1, 0.15) is 12.7 Å². The molecule has 5 atom stereocenters. The van der Waals surface area contributed by atoms with Gasteiger partial charge < -0.3 is 19.7 Å². The molecule has 2 aliphatic heterocycles. The fourth-order valence-electron chi connectivity index (χ4n) is 6.56. The third-order valence-electron chi connectivity index (χ3n) is 8.20. The summed E-state index contributed by atoms with van der Waals surface area (Å²) in [5.74, 6) is 3.55. The molecular formula is C26H28N2O4. The van der Waals surface area contributed by atoms with E-state index in [1.165, 1.54) is 0 Å². The van der Waals surface area contributed by atoms with Gasteiger partial charge in [-0.2, -0.15) is 0 Å². The minimum Gasteiger partial charge on any atom is -0.494 e. The SMILES string of the molecule is Oc1c2c(c(O)n1C1CCN(CC3COc4ccccc4O3)CC1)C1C=CC2C2C=CC12. The molecule has 1 aromatic carbocycles. The molecule has 1 aromatic heterocycles. The maximum Gasteiger partial charge on any atom is 0.198 e. The van der Waals surface area contributed by atoms with Gasteiger partial charge in [-0.15, -0.1) is 0 Å². The predicted octanol–water partition coefficient (Wildman–Crippen LogP) is 3.93. The number of ether oxygens (including phenoxy) is 2. The van der Waals surface area contributed by atoms with Gasteiger partial charge in [0.25, 0.3) is 0 Å². The lowest BCUT2D eigenvalue weighted by atomic mass is 9.56. The molecule has 2 bridgehead atoms. The molecule has 6 nitrogen and oxygen atoms in total. The average molecular weight is 433 g/mol. The van der Waals surface area contributed by atoms with Crippen LogP contribution in [0, 0.1) is 11.8 Å². The number of nitrogens with zero attached hydrogens (tertiary/aromatic N) is 2. The van der Waals surface area contributed by atoms with E-state index in [-0.39, 0.29) is 35.7 Å². The maximum absolute atomic E-state index is 11.2. The lowest BCUT2D eigenvalue weighted by molar-refractivity contribution is 0.0476. The molecule has 2 N–H and O–H groups in total. The third-order valence-corrected chi connectivity index (χ3v) is 8.20. The molecule has 0 spiro atoms. The highest BCUT2D eigenvalue weighted by atomic mass is 16.6. The van der Waals surface area contributed by atoms with E-state index >= 15 is 0 Å². The summed E-state index contributed by atoms with van der Waals surface area (Å²) in [4.78, 5) is 2.41. The lowest BCUT2D eigenvalue weighted by Crippen LogP contribution is -2.44. The van der Waals surface area contributed by atoms with Crippen LogP contribution in [0.25, 0.3) is 0 Å². The van der Waals surface area contributed by atoms with Crippen molar-refractivity contribution in [1.29, 1.82) is 0 Å². The molecule has 4 aliphatic carbocycles. The molecule has 0 radical (unpaired) electrons. The van der Waals surface area contributed by atoms with Crippen molar-refractivity contribution >= 4 is 0 Å². The van der Waals surface area contributed by atoms with E-state index in [9.17, 15) is 10.2 Å². The first kappa shape index (κ1) is 18.7. The Morgan fingerprint density at radius 1 is 0.844 bits per heavy atom. The Hall–Kier alpha value is -2.86. The van der Waals surface area contributed by atoms with Gasteiger partial charge in [0.2, 0.25) is 0 Å². The van der Waals surface area contributed by atoms with Crippen molar-refractivity contribution < 1.29 is 19.7 Å². The molecule has 6 heteroatoms. The number of piperidine rings is 1. The first-order chi connectivity index (χ1) is 15.7. The summed E-state index contributed by atoms with van der Waals surface area (Å²) in [6.07, 6.45) is 10.8. The molecule has 8 rings (SSSR count). The third kappa shape index (κ3) is 2.56. The highest BCUT2D eigenvalue weighted by molar-refractivity contribution is 5.60. The Morgan fingerprint density at radius 3 is 2.09 bits per heavy atom. The zero-order valence-corrected chi connectivity index (χ0v) is 17.9. The number of hydrogen-bond acceptors (Lipinski definition) is 5. The monoisotopic (exact) mass is 432 g/mol. The van der Waals surface area contributed by atoms with E-state index in [1.807, 2.05) is 28.8 Å². The Bertz CT molecular complexity index is 1080. The van der Waals surface area contributed by atoms with Gasteiger partial charge in [-0.25, -0.2) is 0 Å². The number of para-hydroxylation sites is 2. The van der Waals surface area contributed by atoms with Crippen molar-refractivity contribution in [2.24, 2.45) is 11.8 Å². The normalized spacial score (nSPS) is 32.4. The van der Waals surface area contributed by atoms with Gasteiger partial charge in [0.15, 0.2) is 23.3 Å². The Balaban J connectivity index is 1.05. The molecule has 1 saturated heterocycles. The van der Waals surface area contributed by atoms with Crippen LogP contribution in [0.2, 0.25) is 0 Å². The van der Waals surface area contributed by atoms with Gasteiger partial charge in [0, 0.05) is 48.6 Å². The molecule has 1 fully saturated rings.